The number of nitrogens with two attached hydrogens (primary N) is 2. The number of carbonyl (C=O) groups is 2. The van der Waals surface area contributed by atoms with Gasteiger partial charge in [0, 0.05) is 6.08 Å². The summed E-state index contributed by atoms with van der Waals surface area (Å²) in [6.07, 6.45) is 4.63. The predicted molar refractivity (Wildman–Crippen MR) is 105 cm³/mol. The summed E-state index contributed by atoms with van der Waals surface area (Å²) in [7, 11) is 0. The van der Waals surface area contributed by atoms with E-state index in [1.807, 2.05) is 54.6 Å². The van der Waals surface area contributed by atoms with Crippen LogP contribution in [0.3, 0.4) is 0 Å². The lowest BCUT2D eigenvalue weighted by molar-refractivity contribution is 0.0996. The Morgan fingerprint density at radius 1 is 1.11 bits per heavy atom. The summed E-state index contributed by atoms with van der Waals surface area (Å²) < 4.78 is 1.43. The van der Waals surface area contributed by atoms with Gasteiger partial charge in [-0.05, 0) is 41.0 Å². The van der Waals surface area contributed by atoms with Crippen LogP contribution in [0.25, 0.3) is 22.9 Å². The first-order valence-corrected chi connectivity index (χ1v) is 8.21. The Morgan fingerprint density at radius 2 is 1.86 bits per heavy atom. The number of allylic oxidation sites excluding steroid dienone is 1. The summed E-state index contributed by atoms with van der Waals surface area (Å²) >= 11 is 0. The lowest BCUT2D eigenvalue weighted by Gasteiger charge is -2.06. The fraction of sp³-hybridized carbons (Fsp3) is 0. The van der Waals surface area contributed by atoms with Crippen LogP contribution in [-0.4, -0.2) is 21.7 Å². The number of nitrogens with one attached hydrogen (secondary N) is 1. The van der Waals surface area contributed by atoms with Gasteiger partial charge in [-0.25, -0.2) is 9.48 Å². The highest BCUT2D eigenvalue weighted by Crippen LogP contribution is 2.24. The third kappa shape index (κ3) is 4.05. The third-order valence-corrected chi connectivity index (χ3v) is 3.91. The van der Waals surface area contributed by atoms with Gasteiger partial charge < -0.3 is 16.8 Å². The van der Waals surface area contributed by atoms with E-state index in [-0.39, 0.29) is 11.4 Å². The van der Waals surface area contributed by atoms with Gasteiger partial charge in [-0.15, -0.1) is 0 Å². The number of nitriles is 1. The predicted octanol–water partition coefficient (Wildman–Crippen LogP) is 2.67. The molecule has 0 fully saturated rings. The molecule has 0 aliphatic rings. The van der Waals surface area contributed by atoms with E-state index in [1.54, 1.807) is 6.08 Å². The van der Waals surface area contributed by atoms with E-state index in [0.717, 1.165) is 16.7 Å². The van der Waals surface area contributed by atoms with Gasteiger partial charge in [0.25, 0.3) is 5.91 Å². The highest BCUT2D eigenvalue weighted by Gasteiger charge is 2.16. The van der Waals surface area contributed by atoms with Crippen molar-refractivity contribution in [3.05, 3.63) is 72.1 Å². The Bertz CT molecular complexity index is 1110. The standard InChI is InChI=1S/C20H16N6O2/c21-10-2-4-13-3-1-5-15(11-13)14-6-8-16(9-7-14)26-12-17(24-20(23)28)18(25-26)19(22)27/h1-9,11-12H,(H2,22,27)(H3,23,24,28). The zero-order chi connectivity index (χ0) is 20.1. The monoisotopic (exact) mass is 372 g/mol. The van der Waals surface area contributed by atoms with Crippen molar-refractivity contribution >= 4 is 23.7 Å². The minimum absolute atomic E-state index is 0.0835. The molecule has 0 radical (unpaired) electrons. The van der Waals surface area contributed by atoms with Crippen LogP contribution in [-0.2, 0) is 0 Å². The summed E-state index contributed by atoms with van der Waals surface area (Å²) in [5, 5.41) is 15.1. The summed E-state index contributed by atoms with van der Waals surface area (Å²) in [6, 6.07) is 16.3. The van der Waals surface area contributed by atoms with Gasteiger partial charge >= 0.3 is 6.03 Å². The van der Waals surface area contributed by atoms with Crippen molar-refractivity contribution in [3.8, 4) is 22.9 Å². The molecule has 2 aromatic carbocycles. The van der Waals surface area contributed by atoms with Gasteiger partial charge in [0.1, 0.15) is 0 Å². The number of urea groups is 1. The summed E-state index contributed by atoms with van der Waals surface area (Å²) in [5.41, 5.74) is 14.0. The lowest BCUT2D eigenvalue weighted by Crippen LogP contribution is -2.22. The maximum atomic E-state index is 11.5. The molecule has 8 heteroatoms. The number of hydrogen-bond acceptors (Lipinski definition) is 4. The van der Waals surface area contributed by atoms with Gasteiger partial charge in [-0.3, -0.25) is 4.79 Å². The Kier molecular flexibility index (Phi) is 5.18. The average molecular weight is 372 g/mol. The van der Waals surface area contributed by atoms with Crippen molar-refractivity contribution in [2.24, 2.45) is 11.5 Å². The van der Waals surface area contributed by atoms with Crippen molar-refractivity contribution in [3.63, 3.8) is 0 Å². The molecule has 1 aromatic heterocycles. The van der Waals surface area contributed by atoms with Crippen LogP contribution >= 0.6 is 0 Å². The van der Waals surface area contributed by atoms with Gasteiger partial charge in [-0.1, -0.05) is 30.3 Å². The summed E-state index contributed by atoms with van der Waals surface area (Å²) in [4.78, 5) is 22.6. The van der Waals surface area contributed by atoms with Crippen molar-refractivity contribution in [2.45, 2.75) is 0 Å². The average Bonchev–Trinajstić information content (AvgIpc) is 3.10. The Morgan fingerprint density at radius 3 is 2.50 bits per heavy atom. The first kappa shape index (κ1) is 18.4. The topological polar surface area (TPSA) is 140 Å². The number of anilines is 1. The molecule has 0 atom stereocenters. The highest BCUT2D eigenvalue weighted by molar-refractivity contribution is 6.00. The molecule has 0 aliphatic carbocycles. The van der Waals surface area contributed by atoms with Crippen LogP contribution in [0.1, 0.15) is 16.1 Å². The van der Waals surface area contributed by atoms with E-state index < -0.39 is 11.9 Å². The van der Waals surface area contributed by atoms with E-state index in [1.165, 1.54) is 17.0 Å². The molecule has 3 aromatic rings. The van der Waals surface area contributed by atoms with E-state index in [2.05, 4.69) is 10.4 Å². The largest absolute Gasteiger partial charge is 0.364 e. The van der Waals surface area contributed by atoms with Gasteiger partial charge in [-0.2, -0.15) is 10.4 Å². The molecule has 0 aliphatic heterocycles. The molecule has 138 valence electrons. The number of primary amides is 2. The second-order valence-electron chi connectivity index (χ2n) is 5.82. The van der Waals surface area contributed by atoms with Gasteiger partial charge in [0.05, 0.1) is 23.6 Å². The molecule has 3 rings (SSSR count). The number of aromatic nitrogens is 2. The van der Waals surface area contributed by atoms with Crippen LogP contribution in [0.4, 0.5) is 10.5 Å². The van der Waals surface area contributed by atoms with Crippen LogP contribution in [0.2, 0.25) is 0 Å². The maximum Gasteiger partial charge on any atom is 0.316 e. The van der Waals surface area contributed by atoms with Crippen LogP contribution in [0.5, 0.6) is 0 Å². The van der Waals surface area contributed by atoms with Crippen LogP contribution < -0.4 is 16.8 Å². The van der Waals surface area contributed by atoms with Gasteiger partial charge in [0.2, 0.25) is 0 Å². The lowest BCUT2D eigenvalue weighted by atomic mass is 10.0. The van der Waals surface area contributed by atoms with E-state index in [0.29, 0.717) is 5.69 Å². The minimum Gasteiger partial charge on any atom is -0.364 e. The minimum atomic E-state index is -0.817. The summed E-state index contributed by atoms with van der Waals surface area (Å²) in [5.74, 6) is -0.777. The molecule has 8 nitrogen and oxygen atoms in total. The molecule has 3 amide bonds. The smallest absolute Gasteiger partial charge is 0.316 e. The normalized spacial score (nSPS) is 10.5. The van der Waals surface area contributed by atoms with Crippen LogP contribution in [0, 0.1) is 11.3 Å². The van der Waals surface area contributed by atoms with Gasteiger partial charge in [0.15, 0.2) is 5.69 Å². The number of benzene rings is 2. The second kappa shape index (κ2) is 7.88. The molecule has 1 heterocycles. The fourth-order valence-corrected chi connectivity index (χ4v) is 2.67. The summed E-state index contributed by atoms with van der Waals surface area (Å²) in [6.45, 7) is 0. The van der Waals surface area contributed by atoms with E-state index >= 15 is 0 Å². The Balaban J connectivity index is 1.91. The first-order valence-electron chi connectivity index (χ1n) is 8.21. The number of hydrogen-bond donors (Lipinski definition) is 3. The molecule has 0 unspecified atom stereocenters. The number of nitrogens with zero attached hydrogens (tertiary/aromatic N) is 3. The van der Waals surface area contributed by atoms with Crippen molar-refractivity contribution < 1.29 is 9.59 Å². The molecule has 0 saturated heterocycles. The molecular weight excluding hydrogens is 356 g/mol. The molecule has 0 saturated carbocycles. The Labute approximate surface area is 160 Å². The number of amides is 3. The Hall–Kier alpha value is -4.38. The van der Waals surface area contributed by atoms with Crippen molar-refractivity contribution in [1.82, 2.24) is 9.78 Å². The maximum absolute atomic E-state index is 11.5. The molecule has 0 bridgehead atoms. The third-order valence-electron chi connectivity index (χ3n) is 3.91. The fourth-order valence-electron chi connectivity index (χ4n) is 2.67. The van der Waals surface area contributed by atoms with E-state index in [9.17, 15) is 9.59 Å². The number of rotatable bonds is 5. The van der Waals surface area contributed by atoms with E-state index in [4.69, 9.17) is 16.7 Å². The molecule has 28 heavy (non-hydrogen) atoms. The van der Waals surface area contributed by atoms with Crippen LogP contribution in [0.15, 0.2) is 60.8 Å². The molecule has 0 spiro atoms. The first-order chi connectivity index (χ1) is 13.5. The zero-order valence-electron chi connectivity index (χ0n) is 14.7. The SMILES string of the molecule is N#CC=Cc1cccc(-c2ccc(-n3cc(NC(N)=O)c(C(N)=O)n3)cc2)c1. The second-order valence-corrected chi connectivity index (χ2v) is 5.82. The highest BCUT2D eigenvalue weighted by atomic mass is 16.2. The zero-order valence-corrected chi connectivity index (χ0v) is 14.7. The number of carbonyl (C=O) groups excluding carboxylic acids is 2. The van der Waals surface area contributed by atoms with Crippen molar-refractivity contribution in [1.29, 1.82) is 5.26 Å². The molecular formula is C20H16N6O2. The van der Waals surface area contributed by atoms with Crippen molar-refractivity contribution in [2.75, 3.05) is 5.32 Å². The quantitative estimate of drug-likeness (QED) is 0.592. The molecule has 5 N–H and O–H groups in total.